The lowest BCUT2D eigenvalue weighted by Crippen LogP contribution is -2.37. The number of nitrogens with one attached hydrogen (secondary N) is 6. The Hall–Kier alpha value is -12.5. The van der Waals surface area contributed by atoms with Crippen molar-refractivity contribution in [2.75, 3.05) is 16.0 Å². The van der Waals surface area contributed by atoms with Crippen LogP contribution in [-0.2, 0) is 49.9 Å². The second kappa shape index (κ2) is 27.8. The Labute approximate surface area is 613 Å². The number of pyridine rings is 2. The molecule has 1 aromatic carbocycles. The highest BCUT2D eigenvalue weighted by molar-refractivity contribution is 6.30. The first-order chi connectivity index (χ1) is 52.1. The van der Waals surface area contributed by atoms with Gasteiger partial charge in [0.05, 0.1) is 68.8 Å². The van der Waals surface area contributed by atoms with Gasteiger partial charge in [-0.05, 0) is 83.2 Å². The molecule has 3 atom stereocenters. The maximum absolute atomic E-state index is 13.5. The summed E-state index contributed by atoms with van der Waals surface area (Å²) in [6.45, 7) is 6.38. The highest BCUT2D eigenvalue weighted by Gasteiger charge is 2.58. The van der Waals surface area contributed by atoms with Crippen LogP contribution in [0.5, 0.6) is 0 Å². The molecule has 111 heavy (non-hydrogen) atoms. The van der Waals surface area contributed by atoms with Crippen LogP contribution < -0.4 is 32.6 Å². The first-order valence-corrected chi connectivity index (χ1v) is 32.8. The summed E-state index contributed by atoms with van der Waals surface area (Å²) in [5.41, 5.74) is -5.11. The molecule has 3 amide bonds. The molecule has 0 aliphatic carbocycles. The maximum atomic E-state index is 13.5. The van der Waals surface area contributed by atoms with Gasteiger partial charge in [0.2, 0.25) is 17.7 Å². The molecule has 3 aliphatic rings. The van der Waals surface area contributed by atoms with Crippen molar-refractivity contribution in [3.63, 3.8) is 0 Å². The van der Waals surface area contributed by atoms with E-state index in [0.29, 0.717) is 10.6 Å². The summed E-state index contributed by atoms with van der Waals surface area (Å²) in [6.07, 6.45) is -15.0. The van der Waals surface area contributed by atoms with Gasteiger partial charge in [0.1, 0.15) is 69.8 Å². The van der Waals surface area contributed by atoms with Crippen molar-refractivity contribution in [1.82, 2.24) is 98.6 Å². The van der Waals surface area contributed by atoms with Crippen LogP contribution in [0.1, 0.15) is 115 Å². The Kier molecular flexibility index (Phi) is 19.2. The van der Waals surface area contributed by atoms with E-state index in [2.05, 4.69) is 101 Å². The molecule has 2 unspecified atom stereocenters. The Morgan fingerprint density at radius 1 is 0.450 bits per heavy atom. The number of halogens is 16. The van der Waals surface area contributed by atoms with E-state index in [9.17, 15) is 94.6 Å². The molecule has 3 aliphatic heterocycles. The van der Waals surface area contributed by atoms with E-state index < -0.39 is 120 Å². The van der Waals surface area contributed by atoms with Crippen LogP contribution in [0.25, 0.3) is 51.5 Å². The predicted octanol–water partition coefficient (Wildman–Crippen LogP) is 10.2. The first kappa shape index (κ1) is 76.6. The number of fused-ring (bicyclic) bond motifs is 6. The van der Waals surface area contributed by atoms with Gasteiger partial charge in [-0.2, -0.15) is 72.4 Å². The van der Waals surface area contributed by atoms with Crippen LogP contribution in [0.4, 0.5) is 83.3 Å². The summed E-state index contributed by atoms with van der Waals surface area (Å²) in [6, 6.07) is 12.5. The fraction of sp³-hybridized carbons (Fsp3) is 0.303. The number of hydrogen-bond donors (Lipinski definition) is 6. The van der Waals surface area contributed by atoms with Crippen LogP contribution in [-0.4, -0.2) is 147 Å². The number of hydrogen-bond acceptors (Lipinski definition) is 20. The van der Waals surface area contributed by atoms with Crippen molar-refractivity contribution in [1.29, 1.82) is 0 Å². The highest BCUT2D eigenvalue weighted by Crippen LogP contribution is 2.45. The number of aromatic amines is 3. The Morgan fingerprint density at radius 2 is 0.820 bits per heavy atom. The Balaban J connectivity index is 0.000000146. The van der Waals surface area contributed by atoms with E-state index in [4.69, 9.17) is 11.6 Å². The summed E-state index contributed by atoms with van der Waals surface area (Å²) in [4.78, 5) is 131. The van der Waals surface area contributed by atoms with E-state index in [1.807, 2.05) is 19.1 Å². The molecule has 6 N–H and O–H groups in total. The number of carbonyl (C=O) groups excluding carboxylic acids is 3. The standard InChI is InChI=1S/C23H18F5N7O2.C22H17F5N8O2.C21H14ClF5N8O2/c1-11-3-5-12(6-4-11)21(2)15-17(34-20(21)37)32-16(33-19(15)36)14-9-35-18(29-10-30-35)13(31-14)7-8-22(24,25)23(26,27)28;1-21(13-5-4-10(7-28-13)15(23)24)14-17(34-20(21)37)32-16(33-19(14)36)12-8-35-18(29-9-30-35)11(31-12)3-2-6-22(25,26)27;1-19(12-3-2-9(22)6-28-12)13-15(34-18(19)37)32-14(33-17(13)36)11-7-35-16(29-8-30-35)10(31-11)4-5-20(23,24)21(25,26)27/h3-6,9-10H,7-8H2,1-2H3,(H2,32,33,34,36,37);4-5,7-9,15H,2-3,6H2,1H3,(H2,32,33,34,36,37);2-3,6-8H,4-5H2,1H3,(H2,32,33,34,36,37)/t21-;;/m0../s1. The molecule has 15 rings (SSSR count). The fourth-order valence-electron chi connectivity index (χ4n) is 12.4. The highest BCUT2D eigenvalue weighted by atomic mass is 35.5. The van der Waals surface area contributed by atoms with Gasteiger partial charge in [-0.25, -0.2) is 67.2 Å². The van der Waals surface area contributed by atoms with Crippen molar-refractivity contribution >= 4 is 63.7 Å². The smallest absolute Gasteiger partial charge is 0.309 e. The van der Waals surface area contributed by atoms with Crippen molar-refractivity contribution in [2.45, 2.75) is 126 Å². The topological polar surface area (TPSA) is 380 Å². The minimum atomic E-state index is -5.73. The predicted molar refractivity (Wildman–Crippen MR) is 356 cm³/mol. The average molecular weight is 1580 g/mol. The molecular formula is C66H49ClF15N23O6. The normalized spacial score (nSPS) is 17.6. The number of anilines is 3. The number of benzene rings is 1. The first-order valence-electron chi connectivity index (χ1n) is 32.5. The van der Waals surface area contributed by atoms with Gasteiger partial charge in [-0.15, -0.1) is 0 Å². The minimum absolute atomic E-state index is 0.0162. The van der Waals surface area contributed by atoms with E-state index in [1.165, 1.54) is 67.7 Å². The van der Waals surface area contributed by atoms with Crippen molar-refractivity contribution in [3.05, 3.63) is 196 Å². The maximum Gasteiger partial charge on any atom is 0.453 e. The van der Waals surface area contributed by atoms with Gasteiger partial charge in [-0.3, -0.25) is 38.7 Å². The van der Waals surface area contributed by atoms with E-state index in [-0.39, 0.29) is 133 Å². The molecule has 0 bridgehead atoms. The number of rotatable bonds is 16. The van der Waals surface area contributed by atoms with E-state index in [1.54, 1.807) is 19.1 Å². The summed E-state index contributed by atoms with van der Waals surface area (Å²) >= 11 is 5.88. The number of nitrogens with zero attached hydrogens (tertiary/aromatic N) is 17. The number of H-pyrrole nitrogens is 3. The number of amides is 3. The third kappa shape index (κ3) is 14.2. The zero-order valence-corrected chi connectivity index (χ0v) is 57.6. The monoisotopic (exact) mass is 1580 g/mol. The molecule has 0 spiro atoms. The van der Waals surface area contributed by atoms with Crippen molar-refractivity contribution in [3.8, 4) is 34.6 Å². The fourth-order valence-corrected chi connectivity index (χ4v) is 12.6. The minimum Gasteiger partial charge on any atom is -0.309 e. The van der Waals surface area contributed by atoms with E-state index >= 15 is 0 Å². The average Bonchev–Trinajstić information content (AvgIpc) is 1.60. The van der Waals surface area contributed by atoms with Crippen LogP contribution in [0.3, 0.4) is 0 Å². The van der Waals surface area contributed by atoms with Crippen LogP contribution in [0.2, 0.25) is 5.02 Å². The van der Waals surface area contributed by atoms with Crippen LogP contribution in [0, 0.1) is 6.92 Å². The number of carbonyl (C=O) groups is 3. The molecule has 0 saturated heterocycles. The van der Waals surface area contributed by atoms with Crippen molar-refractivity contribution in [2.24, 2.45) is 0 Å². The molecule has 0 saturated carbocycles. The lowest BCUT2D eigenvalue weighted by Gasteiger charge is -2.22. The summed E-state index contributed by atoms with van der Waals surface area (Å²) in [7, 11) is 0. The largest absolute Gasteiger partial charge is 0.453 e. The lowest BCUT2D eigenvalue weighted by atomic mass is 9.78. The van der Waals surface area contributed by atoms with Gasteiger partial charge in [0, 0.05) is 37.2 Å². The third-order valence-corrected chi connectivity index (χ3v) is 18.7. The van der Waals surface area contributed by atoms with Crippen LogP contribution >= 0.6 is 11.6 Å². The molecule has 12 aromatic rings. The van der Waals surface area contributed by atoms with Crippen molar-refractivity contribution < 1.29 is 80.2 Å². The van der Waals surface area contributed by atoms with Gasteiger partial charge < -0.3 is 30.9 Å². The molecule has 29 nitrogen and oxygen atoms in total. The van der Waals surface area contributed by atoms with Crippen LogP contribution in [0.15, 0.2) is 113 Å². The molecule has 0 fully saturated rings. The lowest BCUT2D eigenvalue weighted by molar-refractivity contribution is -0.284. The number of aromatic nitrogens is 20. The van der Waals surface area contributed by atoms with E-state index in [0.717, 1.165) is 39.5 Å². The molecule has 14 heterocycles. The molecule has 576 valence electrons. The van der Waals surface area contributed by atoms with Gasteiger partial charge in [0.25, 0.3) is 23.1 Å². The molecule has 0 radical (unpaired) electrons. The Morgan fingerprint density at radius 3 is 1.17 bits per heavy atom. The zero-order valence-electron chi connectivity index (χ0n) is 56.9. The zero-order chi connectivity index (χ0) is 80.0. The number of aryl methyl sites for hydroxylation is 4. The molecule has 45 heteroatoms. The molecule has 11 aromatic heterocycles. The SMILES string of the molecule is CC1(c2ccc(C(F)F)cn2)C(=O)Nc2nc(-c3cn4ncnc4c(CCCC(F)(F)F)n3)[nH]c(=O)c21.CC1(c2ccc(Cl)cn2)C(=O)Nc2nc(-c3cn4ncnc4c(CCC(F)(F)C(F)(F)F)n3)[nH]c(=O)c21.Cc1ccc([C@]2(C)C(=O)Nc3nc(-c4cn5ncnc5c(CCC(F)(F)C(F)(F)F)n4)[nH]c(=O)c32)cc1. The van der Waals surface area contributed by atoms with Gasteiger partial charge in [-0.1, -0.05) is 41.4 Å². The van der Waals surface area contributed by atoms with Gasteiger partial charge >= 0.3 is 30.4 Å². The summed E-state index contributed by atoms with van der Waals surface area (Å²) < 4.78 is 197. The second-order valence-corrected chi connectivity index (χ2v) is 26.3. The second-order valence-electron chi connectivity index (χ2n) is 25.8. The summed E-state index contributed by atoms with van der Waals surface area (Å²) in [5.74, 6) is -12.2. The quantitative estimate of drug-likeness (QED) is 0.0490. The van der Waals surface area contributed by atoms with Gasteiger partial charge in [0.15, 0.2) is 34.4 Å². The Bertz CT molecular complexity index is 5650. The molecular weight excluding hydrogens is 1530 g/mol. The third-order valence-electron chi connectivity index (χ3n) is 18.5. The number of alkyl halides is 15. The summed E-state index contributed by atoms with van der Waals surface area (Å²) in [5, 5.41) is 19.8.